The zero-order chi connectivity index (χ0) is 13.4. The molecule has 0 aliphatic carbocycles. The van der Waals surface area contributed by atoms with E-state index in [0.29, 0.717) is 11.4 Å². The highest BCUT2D eigenvalue weighted by Crippen LogP contribution is 2.31. The number of nitrogens with zero attached hydrogens (tertiary/aromatic N) is 2. The molecule has 2 aromatic rings. The van der Waals surface area contributed by atoms with Gasteiger partial charge in [0.1, 0.15) is 5.82 Å². The van der Waals surface area contributed by atoms with Crippen LogP contribution in [0, 0.1) is 5.82 Å². The van der Waals surface area contributed by atoms with Crippen LogP contribution < -0.4 is 5.73 Å². The second-order valence-corrected chi connectivity index (χ2v) is 5.35. The van der Waals surface area contributed by atoms with Crippen LogP contribution in [0.25, 0.3) is 10.9 Å². The van der Waals surface area contributed by atoms with Crippen LogP contribution in [0.5, 0.6) is 0 Å². The highest BCUT2D eigenvalue weighted by molar-refractivity contribution is 5.81. The van der Waals surface area contributed by atoms with E-state index < -0.39 is 0 Å². The molecule has 0 amide bonds. The molecule has 3 rings (SSSR count). The number of benzene rings is 1. The molecule has 1 aliphatic rings. The lowest BCUT2D eigenvalue weighted by Crippen LogP contribution is -2.44. The van der Waals surface area contributed by atoms with Crippen molar-refractivity contribution >= 4 is 10.9 Å². The number of aromatic nitrogens is 2. The van der Waals surface area contributed by atoms with Crippen molar-refractivity contribution < 1.29 is 4.39 Å². The summed E-state index contributed by atoms with van der Waals surface area (Å²) in [6.45, 7) is 4.03. The number of likely N-dealkylation sites (tertiary alicyclic amines) is 1. The Kier molecular flexibility index (Phi) is 3.24. The lowest BCUT2D eigenvalue weighted by Gasteiger charge is -2.34. The van der Waals surface area contributed by atoms with Gasteiger partial charge in [0.2, 0.25) is 0 Å². The van der Waals surface area contributed by atoms with Crippen molar-refractivity contribution in [1.29, 1.82) is 0 Å². The minimum atomic E-state index is -0.239. The third kappa shape index (κ3) is 2.35. The van der Waals surface area contributed by atoms with Crippen molar-refractivity contribution in [3.63, 3.8) is 0 Å². The van der Waals surface area contributed by atoms with E-state index in [1.165, 1.54) is 12.1 Å². The van der Waals surface area contributed by atoms with E-state index in [2.05, 4.69) is 15.1 Å². The molecule has 1 atom stereocenters. The van der Waals surface area contributed by atoms with Gasteiger partial charge < -0.3 is 5.73 Å². The largest absolute Gasteiger partial charge is 0.316 e. The first kappa shape index (κ1) is 12.6. The number of aromatic amines is 1. The van der Waals surface area contributed by atoms with Crippen molar-refractivity contribution in [1.82, 2.24) is 15.1 Å². The Hall–Kier alpha value is -1.46. The third-order valence-corrected chi connectivity index (χ3v) is 4.06. The minimum Gasteiger partial charge on any atom is -0.316 e. The van der Waals surface area contributed by atoms with Crippen LogP contribution in [0.4, 0.5) is 4.39 Å². The van der Waals surface area contributed by atoms with Gasteiger partial charge in [-0.1, -0.05) is 0 Å². The summed E-state index contributed by atoms with van der Waals surface area (Å²) in [5.74, 6) is 0.225. The fraction of sp³-hybridized carbons (Fsp3) is 0.500. The van der Waals surface area contributed by atoms with Crippen LogP contribution in [0.2, 0.25) is 0 Å². The predicted molar refractivity (Wildman–Crippen MR) is 73.2 cm³/mol. The van der Waals surface area contributed by atoms with Gasteiger partial charge in [-0.25, -0.2) is 4.39 Å². The number of piperidine rings is 1. The highest BCUT2D eigenvalue weighted by Gasteiger charge is 2.24. The van der Waals surface area contributed by atoms with Crippen molar-refractivity contribution in [3.8, 4) is 0 Å². The zero-order valence-electron chi connectivity index (χ0n) is 11.1. The maximum Gasteiger partial charge on any atom is 0.125 e. The fourth-order valence-electron chi connectivity index (χ4n) is 2.91. The molecule has 0 radical (unpaired) electrons. The van der Waals surface area contributed by atoms with E-state index in [1.54, 1.807) is 0 Å². The van der Waals surface area contributed by atoms with Crippen LogP contribution in [0.1, 0.15) is 31.4 Å². The average molecular weight is 262 g/mol. The van der Waals surface area contributed by atoms with Gasteiger partial charge in [-0.3, -0.25) is 10.00 Å². The summed E-state index contributed by atoms with van der Waals surface area (Å²) >= 11 is 0. The molecule has 4 nitrogen and oxygen atoms in total. The summed E-state index contributed by atoms with van der Waals surface area (Å²) in [5.41, 5.74) is 7.75. The molecule has 1 aromatic carbocycles. The Morgan fingerprint density at radius 3 is 2.84 bits per heavy atom. The summed E-state index contributed by atoms with van der Waals surface area (Å²) in [6.07, 6.45) is 2.25. The monoisotopic (exact) mass is 262 g/mol. The van der Waals surface area contributed by atoms with Gasteiger partial charge in [0.15, 0.2) is 0 Å². The number of nitrogens with two attached hydrogens (primary N) is 1. The molecule has 1 aliphatic heterocycles. The predicted octanol–water partition coefficient (Wildman–Crippen LogP) is 2.19. The lowest BCUT2D eigenvalue weighted by atomic mass is 9.91. The van der Waals surface area contributed by atoms with Crippen molar-refractivity contribution in [3.05, 3.63) is 29.7 Å². The molecule has 0 bridgehead atoms. The number of H-pyrrole nitrogens is 1. The van der Waals surface area contributed by atoms with E-state index in [-0.39, 0.29) is 12.0 Å². The van der Waals surface area contributed by atoms with E-state index >= 15 is 0 Å². The molecule has 5 heteroatoms. The smallest absolute Gasteiger partial charge is 0.125 e. The molecule has 19 heavy (non-hydrogen) atoms. The highest BCUT2D eigenvalue weighted by atomic mass is 19.1. The summed E-state index contributed by atoms with van der Waals surface area (Å²) in [6, 6.07) is 4.80. The van der Waals surface area contributed by atoms with Gasteiger partial charge in [0.05, 0.1) is 11.7 Å². The number of nitrogens with one attached hydrogen (secondary N) is 1. The maximum absolute atomic E-state index is 13.2. The molecule has 0 saturated carbocycles. The molecule has 0 spiro atoms. The molecule has 3 N–H and O–H groups in total. The normalized spacial score (nSPS) is 19.9. The molecular formula is C14H19FN4. The Morgan fingerprint density at radius 1 is 1.42 bits per heavy atom. The average Bonchev–Trinajstić information content (AvgIpc) is 2.81. The van der Waals surface area contributed by atoms with Gasteiger partial charge in [0.25, 0.3) is 0 Å². The van der Waals surface area contributed by atoms with Crippen LogP contribution >= 0.6 is 0 Å². The van der Waals surface area contributed by atoms with Crippen molar-refractivity contribution in [2.45, 2.75) is 31.8 Å². The first-order valence-electron chi connectivity index (χ1n) is 6.78. The zero-order valence-corrected chi connectivity index (χ0v) is 11.1. The van der Waals surface area contributed by atoms with E-state index in [9.17, 15) is 4.39 Å². The van der Waals surface area contributed by atoms with Crippen molar-refractivity contribution in [2.75, 3.05) is 13.1 Å². The molecule has 102 valence electrons. The van der Waals surface area contributed by atoms with E-state index in [1.807, 2.05) is 13.0 Å². The molecule has 1 saturated heterocycles. The van der Waals surface area contributed by atoms with E-state index in [4.69, 9.17) is 5.73 Å². The summed E-state index contributed by atoms with van der Waals surface area (Å²) in [5, 5.41) is 8.34. The lowest BCUT2D eigenvalue weighted by molar-refractivity contribution is 0.164. The van der Waals surface area contributed by atoms with Crippen LogP contribution in [-0.4, -0.2) is 34.4 Å². The summed E-state index contributed by atoms with van der Waals surface area (Å²) in [4.78, 5) is 2.29. The number of hydrogen-bond acceptors (Lipinski definition) is 3. The summed E-state index contributed by atoms with van der Waals surface area (Å²) < 4.78 is 13.2. The number of rotatable bonds is 2. The first-order chi connectivity index (χ1) is 9.15. The van der Waals surface area contributed by atoms with Gasteiger partial charge >= 0.3 is 0 Å². The number of fused-ring (bicyclic) bond motifs is 1. The molecule has 1 fully saturated rings. The Labute approximate surface area is 111 Å². The SMILES string of the molecule is CC(N)N1CCC(c2[nH]nc3cc(F)ccc23)CC1. The van der Waals surface area contributed by atoms with Crippen molar-refractivity contribution in [2.24, 2.45) is 5.73 Å². The Morgan fingerprint density at radius 2 is 2.16 bits per heavy atom. The molecular weight excluding hydrogens is 243 g/mol. The van der Waals surface area contributed by atoms with Gasteiger partial charge in [-0.2, -0.15) is 5.10 Å². The Bertz CT molecular complexity index is 570. The van der Waals surface area contributed by atoms with Gasteiger partial charge in [-0.15, -0.1) is 0 Å². The topological polar surface area (TPSA) is 57.9 Å². The Balaban J connectivity index is 1.82. The van der Waals surface area contributed by atoms with Crippen LogP contribution in [-0.2, 0) is 0 Å². The second-order valence-electron chi connectivity index (χ2n) is 5.35. The standard InChI is InChI=1S/C14H19FN4/c1-9(16)19-6-4-10(5-7-19)14-12-3-2-11(15)8-13(12)17-18-14/h2-3,8-10H,4-7,16H2,1H3,(H,17,18). The molecule has 2 heterocycles. The molecule has 1 aromatic heterocycles. The van der Waals surface area contributed by atoms with E-state index in [0.717, 1.165) is 37.0 Å². The first-order valence-corrected chi connectivity index (χ1v) is 6.78. The van der Waals surface area contributed by atoms with Gasteiger partial charge in [0, 0.05) is 36.2 Å². The number of hydrogen-bond donors (Lipinski definition) is 2. The quantitative estimate of drug-likeness (QED) is 0.872. The molecule has 1 unspecified atom stereocenters. The minimum absolute atomic E-state index is 0.119. The van der Waals surface area contributed by atoms with Gasteiger partial charge in [-0.05, 0) is 31.9 Å². The second kappa shape index (κ2) is 4.90. The van der Waals surface area contributed by atoms with Crippen LogP contribution in [0.3, 0.4) is 0 Å². The number of halogens is 1. The fourth-order valence-corrected chi connectivity index (χ4v) is 2.91. The maximum atomic E-state index is 13.2. The van der Waals surface area contributed by atoms with Crippen LogP contribution in [0.15, 0.2) is 18.2 Å². The summed E-state index contributed by atoms with van der Waals surface area (Å²) in [7, 11) is 0. The third-order valence-electron chi connectivity index (χ3n) is 4.06.